The molecule has 0 bridgehead atoms. The van der Waals surface area contributed by atoms with Crippen molar-refractivity contribution in [1.82, 2.24) is 4.90 Å². The minimum atomic E-state index is -1.65. The van der Waals surface area contributed by atoms with Gasteiger partial charge in [-0.15, -0.1) is 0 Å². The molecular weight excluding hydrogens is 245 g/mol. The van der Waals surface area contributed by atoms with E-state index >= 15 is 0 Å². The van der Waals surface area contributed by atoms with E-state index in [1.807, 2.05) is 0 Å². The Morgan fingerprint density at radius 3 is 2.83 bits per heavy atom. The van der Waals surface area contributed by atoms with Crippen LogP contribution in [0.1, 0.15) is 0 Å². The summed E-state index contributed by atoms with van der Waals surface area (Å²) in [5, 5.41) is 18.3. The molecule has 1 aliphatic heterocycles. The molecule has 1 aliphatic rings. The van der Waals surface area contributed by atoms with Crippen molar-refractivity contribution in [2.24, 2.45) is 10.7 Å². The fourth-order valence-electron chi connectivity index (χ4n) is 1.56. The lowest BCUT2D eigenvalue weighted by Gasteiger charge is -2.23. The Bertz CT molecular complexity index is 350. The van der Waals surface area contributed by atoms with Crippen LogP contribution in [0.25, 0.3) is 0 Å². The summed E-state index contributed by atoms with van der Waals surface area (Å²) in [7, 11) is 1.51. The fourth-order valence-corrected chi connectivity index (χ4v) is 1.56. The molecule has 1 rings (SSSR count). The van der Waals surface area contributed by atoms with Gasteiger partial charge in [0.05, 0.1) is 6.61 Å². The number of nitrogens with two attached hydrogens (primary N) is 1. The van der Waals surface area contributed by atoms with E-state index in [0.717, 1.165) is 0 Å². The molecular formula is C10H16FN3O4. The summed E-state index contributed by atoms with van der Waals surface area (Å²) in [6, 6.07) is 0. The molecule has 4 N–H and O–H groups in total. The van der Waals surface area contributed by atoms with Gasteiger partial charge in [0.15, 0.2) is 12.4 Å². The zero-order chi connectivity index (χ0) is 13.7. The number of carbonyl (C=O) groups is 1. The number of amides is 1. The average molecular weight is 261 g/mol. The van der Waals surface area contributed by atoms with Gasteiger partial charge < -0.3 is 25.6 Å². The molecule has 1 fully saturated rings. The van der Waals surface area contributed by atoms with E-state index in [4.69, 9.17) is 15.6 Å². The van der Waals surface area contributed by atoms with Gasteiger partial charge in [-0.05, 0) is 6.08 Å². The van der Waals surface area contributed by atoms with Crippen molar-refractivity contribution in [2.45, 2.75) is 24.6 Å². The summed E-state index contributed by atoms with van der Waals surface area (Å²) >= 11 is 0. The third kappa shape index (κ3) is 3.25. The number of alkyl halides is 1. The van der Waals surface area contributed by atoms with E-state index < -0.39 is 31.2 Å². The van der Waals surface area contributed by atoms with Gasteiger partial charge in [0, 0.05) is 13.2 Å². The van der Waals surface area contributed by atoms with E-state index in [1.54, 1.807) is 0 Å². The summed E-state index contributed by atoms with van der Waals surface area (Å²) in [4.78, 5) is 14.6. The van der Waals surface area contributed by atoms with E-state index in [-0.39, 0.29) is 12.2 Å². The van der Waals surface area contributed by atoms with Crippen LogP contribution in [0.3, 0.4) is 0 Å². The van der Waals surface area contributed by atoms with Crippen LogP contribution in [0.2, 0.25) is 0 Å². The number of ether oxygens (including phenoxy) is 1. The van der Waals surface area contributed by atoms with Gasteiger partial charge in [0.1, 0.15) is 18.0 Å². The van der Waals surface area contributed by atoms with Crippen molar-refractivity contribution in [2.75, 3.05) is 13.7 Å². The van der Waals surface area contributed by atoms with Crippen molar-refractivity contribution in [3.05, 3.63) is 12.3 Å². The van der Waals surface area contributed by atoms with Gasteiger partial charge in [-0.3, -0.25) is 4.79 Å². The van der Waals surface area contributed by atoms with Gasteiger partial charge in [-0.25, -0.2) is 4.39 Å². The first-order chi connectivity index (χ1) is 8.51. The van der Waals surface area contributed by atoms with Crippen LogP contribution in [-0.2, 0) is 9.53 Å². The highest BCUT2D eigenvalue weighted by atomic mass is 19.1. The summed E-state index contributed by atoms with van der Waals surface area (Å²) in [6.45, 7) is -0.468. The zero-order valence-electron chi connectivity index (χ0n) is 9.81. The number of amidine groups is 1. The Kier molecular flexibility index (Phi) is 5.20. The Labute approximate surface area is 103 Å². The number of hydrogen-bond acceptors (Lipinski definition) is 5. The second-order valence-electron chi connectivity index (χ2n) is 3.82. The Hall–Kier alpha value is -1.51. The quantitative estimate of drug-likeness (QED) is 0.311. The van der Waals surface area contributed by atoms with Crippen molar-refractivity contribution >= 4 is 12.2 Å². The Morgan fingerprint density at radius 2 is 2.33 bits per heavy atom. The average Bonchev–Trinajstić information content (AvgIpc) is 2.63. The minimum absolute atomic E-state index is 0.0375. The zero-order valence-corrected chi connectivity index (χ0v) is 9.81. The molecule has 18 heavy (non-hydrogen) atoms. The number of rotatable bonds is 5. The lowest BCUT2D eigenvalue weighted by molar-refractivity contribution is -0.106. The number of aliphatic hydroxyl groups excluding tert-OH is 2. The topological polar surface area (TPSA) is 108 Å². The Morgan fingerprint density at radius 1 is 1.67 bits per heavy atom. The normalized spacial score (nSPS) is 33.0. The second kappa shape index (κ2) is 6.43. The van der Waals surface area contributed by atoms with Gasteiger partial charge in [0.25, 0.3) is 0 Å². The highest BCUT2D eigenvalue weighted by Gasteiger charge is 2.45. The molecule has 8 heteroatoms. The SMILES string of the molecule is CN(/C=C\C(N)=N/C=O)C1OC(CO)C(O)C1F. The third-order valence-electron chi connectivity index (χ3n) is 2.56. The molecule has 7 nitrogen and oxygen atoms in total. The van der Waals surface area contributed by atoms with Crippen LogP contribution in [0.15, 0.2) is 17.3 Å². The molecule has 0 spiro atoms. The molecule has 0 aromatic carbocycles. The van der Waals surface area contributed by atoms with Crippen LogP contribution in [0.4, 0.5) is 4.39 Å². The summed E-state index contributed by atoms with van der Waals surface area (Å²) in [6.07, 6.45) is -2.07. The molecule has 0 saturated carbocycles. The maximum Gasteiger partial charge on any atom is 0.234 e. The maximum absolute atomic E-state index is 13.7. The first-order valence-corrected chi connectivity index (χ1v) is 5.26. The summed E-state index contributed by atoms with van der Waals surface area (Å²) in [5.74, 6) is -0.0375. The molecule has 1 heterocycles. The monoisotopic (exact) mass is 261 g/mol. The predicted molar refractivity (Wildman–Crippen MR) is 61.2 cm³/mol. The van der Waals surface area contributed by atoms with E-state index in [1.165, 1.54) is 24.2 Å². The van der Waals surface area contributed by atoms with Crippen molar-refractivity contribution in [1.29, 1.82) is 0 Å². The van der Waals surface area contributed by atoms with Crippen LogP contribution < -0.4 is 5.73 Å². The first kappa shape index (κ1) is 14.6. The number of aliphatic hydroxyl groups is 2. The summed E-state index contributed by atoms with van der Waals surface area (Å²) < 4.78 is 18.8. The third-order valence-corrected chi connectivity index (χ3v) is 2.56. The first-order valence-electron chi connectivity index (χ1n) is 5.26. The van der Waals surface area contributed by atoms with Crippen LogP contribution in [-0.4, -0.2) is 65.6 Å². The predicted octanol–water partition coefficient (Wildman–Crippen LogP) is -1.64. The van der Waals surface area contributed by atoms with Gasteiger partial charge >= 0.3 is 0 Å². The molecule has 1 saturated heterocycles. The highest BCUT2D eigenvalue weighted by Crippen LogP contribution is 2.25. The van der Waals surface area contributed by atoms with Crippen LogP contribution in [0, 0.1) is 0 Å². The molecule has 1 amide bonds. The molecule has 102 valence electrons. The second-order valence-corrected chi connectivity index (χ2v) is 3.82. The molecule has 4 unspecified atom stereocenters. The maximum atomic E-state index is 13.7. The number of carbonyl (C=O) groups excluding carboxylic acids is 1. The minimum Gasteiger partial charge on any atom is -0.394 e. The number of nitrogens with zero attached hydrogens (tertiary/aromatic N) is 2. The van der Waals surface area contributed by atoms with Gasteiger partial charge in [-0.2, -0.15) is 4.99 Å². The Balaban J connectivity index is 2.65. The lowest BCUT2D eigenvalue weighted by atomic mass is 10.1. The molecule has 0 aromatic rings. The van der Waals surface area contributed by atoms with Crippen LogP contribution in [0.5, 0.6) is 0 Å². The standard InChI is InChI=1S/C10H16FN3O4/c1-14(3-2-7(12)13-5-16)10-8(11)9(17)6(4-15)18-10/h2-3,5-6,8-10,15,17H,4H2,1H3,(H2,12,13,16)/b3-2-. The van der Waals surface area contributed by atoms with Gasteiger partial charge in [-0.1, -0.05) is 0 Å². The number of hydrogen-bond donors (Lipinski definition) is 3. The fraction of sp³-hybridized carbons (Fsp3) is 0.600. The number of aliphatic imine (C=N–C) groups is 1. The largest absolute Gasteiger partial charge is 0.394 e. The summed E-state index contributed by atoms with van der Waals surface area (Å²) in [5.41, 5.74) is 5.33. The molecule has 0 aromatic heterocycles. The van der Waals surface area contributed by atoms with Crippen molar-refractivity contribution in [3.63, 3.8) is 0 Å². The molecule has 0 aliphatic carbocycles. The van der Waals surface area contributed by atoms with Crippen LogP contribution >= 0.6 is 0 Å². The smallest absolute Gasteiger partial charge is 0.234 e. The van der Waals surface area contributed by atoms with Gasteiger partial charge in [0.2, 0.25) is 6.41 Å². The number of halogens is 1. The molecule has 4 atom stereocenters. The van der Waals surface area contributed by atoms with Crippen molar-refractivity contribution in [3.8, 4) is 0 Å². The van der Waals surface area contributed by atoms with E-state index in [0.29, 0.717) is 0 Å². The molecule has 0 radical (unpaired) electrons. The highest BCUT2D eigenvalue weighted by molar-refractivity contribution is 5.95. The van der Waals surface area contributed by atoms with E-state index in [2.05, 4.69) is 4.99 Å². The van der Waals surface area contributed by atoms with Crippen molar-refractivity contribution < 1.29 is 24.1 Å². The van der Waals surface area contributed by atoms with E-state index in [9.17, 15) is 14.3 Å². The lowest BCUT2D eigenvalue weighted by Crippen LogP contribution is -2.36.